The van der Waals surface area contributed by atoms with Crippen molar-refractivity contribution >= 4 is 24.5 Å². The first kappa shape index (κ1) is 18.7. The lowest BCUT2D eigenvalue weighted by Crippen LogP contribution is -2.40. The van der Waals surface area contributed by atoms with Gasteiger partial charge in [-0.3, -0.25) is 4.98 Å². The average molecular weight is 489 g/mol. The number of epoxide rings is 1. The molecule has 1 saturated heterocycles. The molecule has 0 N–H and O–H groups in total. The van der Waals surface area contributed by atoms with Crippen LogP contribution in [-0.4, -0.2) is 21.0 Å². The standard InChI is InChI=1S/C20H16F4INO/c1-19(24,20(11-27-20)15-7-9-17(22)25-18(15)23)16-8-4-13(10-26-16)12-2-5-14(21)6-3-12/h2,4-10,12H,3,11H2,1H3. The number of rotatable bonds is 4. The minimum atomic E-state index is -2.07. The summed E-state index contributed by atoms with van der Waals surface area (Å²) in [7, 11) is 0. The average Bonchev–Trinajstić information content (AvgIpc) is 3.45. The number of hydrogen-bond acceptors (Lipinski definition) is 2. The highest BCUT2D eigenvalue weighted by Crippen LogP contribution is 2.54. The van der Waals surface area contributed by atoms with Gasteiger partial charge in [0.1, 0.15) is 5.83 Å². The Labute approximate surface area is 164 Å². The van der Waals surface area contributed by atoms with E-state index in [2.05, 4.69) is 4.98 Å². The van der Waals surface area contributed by atoms with Crippen LogP contribution in [0.5, 0.6) is 0 Å². The molecule has 0 radical (unpaired) electrons. The molecule has 3 aliphatic rings. The predicted octanol–water partition coefficient (Wildman–Crippen LogP) is 5.75. The summed E-state index contributed by atoms with van der Waals surface area (Å²) in [5, 5.41) is 0. The van der Waals surface area contributed by atoms with Crippen LogP contribution in [-0.2, 0) is 10.4 Å². The Kier molecular flexibility index (Phi) is 4.70. The lowest BCUT2D eigenvalue weighted by molar-refractivity contribution is 0.0825. The van der Waals surface area contributed by atoms with Crippen LogP contribution in [0.3, 0.4) is 0 Å². The van der Waals surface area contributed by atoms with Crippen molar-refractivity contribution in [2.45, 2.75) is 30.5 Å². The van der Waals surface area contributed by atoms with Crippen molar-refractivity contribution in [1.29, 1.82) is 0 Å². The van der Waals surface area contributed by atoms with E-state index >= 15 is 4.39 Å². The van der Waals surface area contributed by atoms with Gasteiger partial charge in [0.2, 0.25) is 0 Å². The third-order valence-electron chi connectivity index (χ3n) is 5.13. The monoisotopic (exact) mass is 489 g/mol. The van der Waals surface area contributed by atoms with Crippen LogP contribution in [0.15, 0.2) is 63.9 Å². The summed E-state index contributed by atoms with van der Waals surface area (Å²) >= 11 is -1.55. The number of aromatic nitrogens is 1. The molecule has 1 aliphatic carbocycles. The molecule has 0 spiro atoms. The van der Waals surface area contributed by atoms with Crippen molar-refractivity contribution in [2.75, 3.05) is 6.61 Å². The number of halogens is 5. The Morgan fingerprint density at radius 1 is 1.26 bits per heavy atom. The van der Waals surface area contributed by atoms with Gasteiger partial charge in [-0.2, -0.15) is 4.39 Å². The summed E-state index contributed by atoms with van der Waals surface area (Å²) in [6, 6.07) is 3.29. The molecule has 1 aromatic rings. The van der Waals surface area contributed by atoms with Crippen LogP contribution in [0, 0.1) is 0 Å². The highest BCUT2D eigenvalue weighted by molar-refractivity contribution is 14.2. The lowest BCUT2D eigenvalue weighted by Gasteiger charge is -2.29. The van der Waals surface area contributed by atoms with E-state index in [9.17, 15) is 13.2 Å². The van der Waals surface area contributed by atoms with Gasteiger partial charge in [0, 0.05) is 17.7 Å². The fourth-order valence-electron chi connectivity index (χ4n) is 3.36. The SMILES string of the molecule is CC(F)(c1ccc(C2C=CC(F)=CC2)cn1)C1(C2=CC=C(F)I=C2F)CO1. The van der Waals surface area contributed by atoms with E-state index in [1.807, 2.05) is 0 Å². The van der Waals surface area contributed by atoms with Crippen LogP contribution in [0.4, 0.5) is 17.6 Å². The summed E-state index contributed by atoms with van der Waals surface area (Å²) in [5.41, 5.74) is -2.52. The zero-order chi connectivity index (χ0) is 19.2. The fraction of sp³-hybridized carbons (Fsp3) is 0.300. The molecule has 3 heterocycles. The highest BCUT2D eigenvalue weighted by Gasteiger charge is 2.65. The van der Waals surface area contributed by atoms with Gasteiger partial charge in [-0.25, -0.2) is 13.2 Å². The summed E-state index contributed by atoms with van der Waals surface area (Å²) in [4.78, 5) is 4.24. The van der Waals surface area contributed by atoms with Crippen LogP contribution in [0.1, 0.15) is 30.5 Å². The van der Waals surface area contributed by atoms with E-state index in [0.717, 1.165) is 5.56 Å². The number of ether oxygens (including phenoxy) is 1. The first-order valence-corrected chi connectivity index (χ1v) is 10.6. The second-order valence-electron chi connectivity index (χ2n) is 6.78. The van der Waals surface area contributed by atoms with Crippen LogP contribution in [0.2, 0.25) is 0 Å². The summed E-state index contributed by atoms with van der Waals surface area (Å²) in [6.45, 7) is 1.32. The molecule has 3 atom stereocenters. The van der Waals surface area contributed by atoms with Gasteiger partial charge in [-0.05, 0) is 70.0 Å². The smallest absolute Gasteiger partial charge is 0.185 e. The molecule has 27 heavy (non-hydrogen) atoms. The zero-order valence-corrected chi connectivity index (χ0v) is 16.5. The van der Waals surface area contributed by atoms with Gasteiger partial charge < -0.3 is 4.74 Å². The van der Waals surface area contributed by atoms with E-state index in [1.165, 1.54) is 31.2 Å². The Morgan fingerprint density at radius 2 is 2.04 bits per heavy atom. The van der Waals surface area contributed by atoms with Gasteiger partial charge >= 0.3 is 0 Å². The minimum absolute atomic E-state index is 0.0112. The fourth-order valence-corrected chi connectivity index (χ4v) is 5.08. The number of alkyl halides is 1. The number of hydrogen-bond donors (Lipinski definition) is 0. The van der Waals surface area contributed by atoms with Gasteiger partial charge in [-0.1, -0.05) is 12.1 Å². The number of nitrogens with zero attached hydrogens (tertiary/aromatic N) is 1. The van der Waals surface area contributed by atoms with Gasteiger partial charge in [0.25, 0.3) is 0 Å². The quantitative estimate of drug-likeness (QED) is 0.306. The first-order chi connectivity index (χ1) is 12.8. The molecule has 1 fully saturated rings. The van der Waals surface area contributed by atoms with Crippen molar-refractivity contribution in [3.05, 3.63) is 75.2 Å². The normalized spacial score (nSPS) is 29.6. The molecule has 0 aromatic carbocycles. The number of allylic oxidation sites excluding steroid dienone is 6. The van der Waals surface area contributed by atoms with Gasteiger partial charge in [0.15, 0.2) is 18.9 Å². The maximum atomic E-state index is 15.8. The molecule has 7 heteroatoms. The molecule has 2 aliphatic heterocycles. The molecule has 0 saturated carbocycles. The van der Waals surface area contributed by atoms with Crippen molar-refractivity contribution in [3.8, 4) is 0 Å². The zero-order valence-electron chi connectivity index (χ0n) is 14.4. The third-order valence-corrected chi connectivity index (χ3v) is 7.06. The van der Waals surface area contributed by atoms with Crippen molar-refractivity contribution in [2.24, 2.45) is 0 Å². The maximum absolute atomic E-state index is 15.8. The van der Waals surface area contributed by atoms with E-state index in [0.29, 0.717) is 6.42 Å². The number of pyridine rings is 1. The summed E-state index contributed by atoms with van der Waals surface area (Å²) in [6.07, 6.45) is 9.15. The van der Waals surface area contributed by atoms with Crippen LogP contribution < -0.4 is 0 Å². The summed E-state index contributed by atoms with van der Waals surface area (Å²) < 4.78 is 60.7. The molecule has 0 amide bonds. The molecule has 3 unspecified atom stereocenters. The molecular weight excluding hydrogens is 473 g/mol. The van der Waals surface area contributed by atoms with Crippen LogP contribution >= 0.6 is 20.7 Å². The molecule has 4 rings (SSSR count). The first-order valence-electron chi connectivity index (χ1n) is 8.42. The molecule has 0 bridgehead atoms. The van der Waals surface area contributed by atoms with E-state index < -0.39 is 39.6 Å². The lowest BCUT2D eigenvalue weighted by atomic mass is 9.81. The molecule has 142 valence electrons. The van der Waals surface area contributed by atoms with Gasteiger partial charge in [-0.15, -0.1) is 0 Å². The molecular formula is C20H16F4INO. The third kappa shape index (κ3) is 3.24. The van der Waals surface area contributed by atoms with Gasteiger partial charge in [0.05, 0.1) is 12.3 Å². The Hall–Kier alpha value is -1.61. The Bertz CT molecular complexity index is 924. The Morgan fingerprint density at radius 3 is 2.59 bits per heavy atom. The van der Waals surface area contributed by atoms with Crippen molar-refractivity contribution in [3.63, 3.8) is 0 Å². The molecule has 1 aromatic heterocycles. The van der Waals surface area contributed by atoms with E-state index in [1.54, 1.807) is 24.4 Å². The Balaban J connectivity index is 1.61. The van der Waals surface area contributed by atoms with Crippen molar-refractivity contribution < 1.29 is 22.3 Å². The second kappa shape index (κ2) is 6.77. The topological polar surface area (TPSA) is 25.4 Å². The molecule has 2 nitrogen and oxygen atoms in total. The predicted molar refractivity (Wildman–Crippen MR) is 104 cm³/mol. The highest BCUT2D eigenvalue weighted by atomic mass is 127. The van der Waals surface area contributed by atoms with E-state index in [-0.39, 0.29) is 29.6 Å². The van der Waals surface area contributed by atoms with Crippen molar-refractivity contribution in [1.82, 2.24) is 4.98 Å². The largest absolute Gasteiger partial charge is 0.360 e. The maximum Gasteiger partial charge on any atom is 0.185 e. The van der Waals surface area contributed by atoms with E-state index in [4.69, 9.17) is 4.74 Å². The second-order valence-corrected chi connectivity index (χ2v) is 9.29. The minimum Gasteiger partial charge on any atom is -0.360 e. The van der Waals surface area contributed by atoms with Crippen LogP contribution in [0.25, 0.3) is 0 Å². The summed E-state index contributed by atoms with van der Waals surface area (Å²) in [5.74, 6) is -0.292.